The van der Waals surface area contributed by atoms with Crippen LogP contribution in [0.2, 0.25) is 0 Å². The number of rotatable bonds is 7. The Balaban J connectivity index is 2.49. The van der Waals surface area contributed by atoms with Crippen molar-refractivity contribution in [3.63, 3.8) is 0 Å². The van der Waals surface area contributed by atoms with Gasteiger partial charge in [0.25, 0.3) is 0 Å². The Bertz CT molecular complexity index is 1280. The van der Waals surface area contributed by atoms with E-state index in [2.05, 4.69) is 168 Å². The summed E-state index contributed by atoms with van der Waals surface area (Å²) in [6.07, 6.45) is 0. The molecule has 4 nitrogen and oxygen atoms in total. The maximum absolute atomic E-state index is 8.24. The van der Waals surface area contributed by atoms with E-state index in [4.69, 9.17) is 16.4 Å². The van der Waals surface area contributed by atoms with Gasteiger partial charge in [-0.1, -0.05) is 18.2 Å². The summed E-state index contributed by atoms with van der Waals surface area (Å²) in [5.74, 6) is 0. The highest BCUT2D eigenvalue weighted by Gasteiger charge is 2.54. The van der Waals surface area contributed by atoms with Crippen molar-refractivity contribution in [3.8, 4) is 0 Å². The maximum atomic E-state index is 8.24. The Morgan fingerprint density at radius 1 is 0.429 bits per heavy atom. The molecular formula is C37H54ClN3O. The summed E-state index contributed by atoms with van der Waals surface area (Å²) in [6, 6.07) is 19.8. The number of hydrogen-bond acceptors (Lipinski definition) is 4. The molecule has 0 radical (unpaired) electrons. The fourth-order valence-electron chi connectivity index (χ4n) is 6.02. The Kier molecular flexibility index (Phi) is 9.47. The molecule has 3 aromatic rings. The zero-order valence-corrected chi connectivity index (χ0v) is 29.6. The van der Waals surface area contributed by atoms with Crippen LogP contribution in [0, 0.1) is 41.5 Å². The van der Waals surface area contributed by atoms with E-state index in [1.165, 1.54) is 33.4 Å². The van der Waals surface area contributed by atoms with Crippen molar-refractivity contribution in [2.24, 2.45) is 0 Å². The number of nitrogens with zero attached hydrogens (tertiary/aromatic N) is 3. The predicted molar refractivity (Wildman–Crippen MR) is 184 cm³/mol. The predicted octanol–water partition coefficient (Wildman–Crippen LogP) is 10.5. The number of anilines is 3. The SMILES string of the molecule is Cc1cc(C)cc(N(OC(Cl)(N(c2cc(C)cc(C)c2)C(C)(C)C)N(c2cc(C)cc(C)c2)C(C)(C)C)C(C)(C)C)c1. The van der Waals surface area contributed by atoms with Crippen molar-refractivity contribution < 1.29 is 4.84 Å². The standard InChI is InChI=1S/C37H54ClN3O/c1-25-16-26(2)20-31(19-25)39(34(7,8)9)37(38,40(35(10,11)12)32-21-27(3)17-28(4)22-32)42-41(36(13,14)15)33-23-29(5)18-30(6)24-33/h16-24H,1-15H3. The van der Waals surface area contributed by atoms with Gasteiger partial charge >= 0.3 is 5.31 Å². The molecule has 0 atom stereocenters. The van der Waals surface area contributed by atoms with Crippen LogP contribution in [0.1, 0.15) is 95.7 Å². The normalized spacial score (nSPS) is 12.9. The van der Waals surface area contributed by atoms with Gasteiger partial charge in [-0.3, -0.25) is 0 Å². The van der Waals surface area contributed by atoms with Crippen LogP contribution < -0.4 is 14.9 Å². The van der Waals surface area contributed by atoms with Crippen molar-refractivity contribution >= 4 is 28.7 Å². The first kappa shape index (κ1) is 33.8. The molecule has 0 N–H and O–H groups in total. The second kappa shape index (κ2) is 11.8. The van der Waals surface area contributed by atoms with Crippen LogP contribution in [0.15, 0.2) is 54.6 Å². The minimum absolute atomic E-state index is 0.418. The van der Waals surface area contributed by atoms with E-state index in [1.807, 2.05) is 5.06 Å². The second-order valence-corrected chi connectivity index (χ2v) is 15.6. The third kappa shape index (κ3) is 7.63. The van der Waals surface area contributed by atoms with E-state index in [0.29, 0.717) is 0 Å². The van der Waals surface area contributed by atoms with Crippen molar-refractivity contribution in [1.29, 1.82) is 0 Å². The average molecular weight is 592 g/mol. The van der Waals surface area contributed by atoms with Gasteiger partial charge in [0, 0.05) is 22.5 Å². The molecule has 0 saturated carbocycles. The maximum Gasteiger partial charge on any atom is 0.327 e. The van der Waals surface area contributed by atoms with Gasteiger partial charge in [0.05, 0.1) is 11.2 Å². The zero-order chi connectivity index (χ0) is 32.0. The first-order valence-electron chi connectivity index (χ1n) is 15.1. The third-order valence-corrected chi connectivity index (χ3v) is 7.49. The monoisotopic (exact) mass is 591 g/mol. The molecule has 0 aliphatic carbocycles. The molecule has 3 aromatic carbocycles. The lowest BCUT2D eigenvalue weighted by Gasteiger charge is -2.58. The van der Waals surface area contributed by atoms with Crippen LogP contribution in [0.4, 0.5) is 17.1 Å². The molecule has 0 aliphatic heterocycles. The fraction of sp³-hybridized carbons (Fsp3) is 0.514. The minimum Gasteiger partial charge on any atom is -0.306 e. The van der Waals surface area contributed by atoms with Gasteiger partial charge in [-0.05, 0) is 185 Å². The van der Waals surface area contributed by atoms with E-state index in [-0.39, 0.29) is 0 Å². The number of aryl methyl sites for hydroxylation is 6. The molecule has 3 rings (SSSR count). The number of hydroxylamine groups is 1. The van der Waals surface area contributed by atoms with Crippen molar-refractivity contribution in [3.05, 3.63) is 88.0 Å². The lowest BCUT2D eigenvalue weighted by Crippen LogP contribution is -2.71. The number of hydrogen-bond donors (Lipinski definition) is 0. The number of benzene rings is 3. The Morgan fingerprint density at radius 3 is 0.929 bits per heavy atom. The molecule has 5 heteroatoms. The van der Waals surface area contributed by atoms with Crippen molar-refractivity contribution in [2.45, 2.75) is 126 Å². The summed E-state index contributed by atoms with van der Waals surface area (Å²) in [5, 5.41) is 0.519. The molecule has 0 spiro atoms. The van der Waals surface area contributed by atoms with Gasteiger partial charge in [-0.15, -0.1) is 0 Å². The van der Waals surface area contributed by atoms with E-state index in [0.717, 1.165) is 17.1 Å². The van der Waals surface area contributed by atoms with Crippen LogP contribution in [0.3, 0.4) is 0 Å². The van der Waals surface area contributed by atoms with Crippen LogP contribution in [0.25, 0.3) is 0 Å². The van der Waals surface area contributed by atoms with Gasteiger partial charge in [0.2, 0.25) is 0 Å². The van der Waals surface area contributed by atoms with Crippen LogP contribution >= 0.6 is 11.6 Å². The topological polar surface area (TPSA) is 19.0 Å². The minimum atomic E-state index is -1.48. The van der Waals surface area contributed by atoms with Gasteiger partial charge in [0.15, 0.2) is 0 Å². The second-order valence-electron chi connectivity index (χ2n) is 15.1. The summed E-state index contributed by atoms with van der Waals surface area (Å²) < 4.78 is 0. The molecule has 0 heterocycles. The van der Waals surface area contributed by atoms with Crippen LogP contribution in [-0.4, -0.2) is 21.9 Å². The molecule has 230 valence electrons. The summed E-state index contributed by atoms with van der Waals surface area (Å²) >= 11 is 8.24. The van der Waals surface area contributed by atoms with E-state index >= 15 is 0 Å². The molecule has 0 bridgehead atoms. The van der Waals surface area contributed by atoms with Gasteiger partial charge in [0.1, 0.15) is 0 Å². The van der Waals surface area contributed by atoms with Crippen molar-refractivity contribution in [2.75, 3.05) is 14.9 Å². The zero-order valence-electron chi connectivity index (χ0n) is 28.8. The van der Waals surface area contributed by atoms with E-state index in [1.54, 1.807) is 0 Å². The molecule has 0 aliphatic rings. The lowest BCUT2D eigenvalue weighted by atomic mass is 9.99. The van der Waals surface area contributed by atoms with Gasteiger partial charge in [-0.25, -0.2) is 9.90 Å². The van der Waals surface area contributed by atoms with E-state index in [9.17, 15) is 0 Å². The molecule has 0 aromatic heterocycles. The summed E-state index contributed by atoms with van der Waals surface area (Å²) in [7, 11) is 0. The number of halogens is 1. The Labute approximate surface area is 261 Å². The fourth-order valence-corrected chi connectivity index (χ4v) is 6.79. The van der Waals surface area contributed by atoms with Crippen LogP contribution in [-0.2, 0) is 4.84 Å². The molecule has 0 saturated heterocycles. The molecular weight excluding hydrogens is 538 g/mol. The molecule has 0 amide bonds. The van der Waals surface area contributed by atoms with Gasteiger partial charge < -0.3 is 9.80 Å². The number of alkyl halides is 1. The summed E-state index contributed by atoms with van der Waals surface area (Å²) in [6.45, 7) is 32.5. The highest BCUT2D eigenvalue weighted by molar-refractivity contribution is 6.26. The third-order valence-electron chi connectivity index (χ3n) is 7.08. The largest absolute Gasteiger partial charge is 0.327 e. The van der Waals surface area contributed by atoms with E-state index < -0.39 is 21.9 Å². The van der Waals surface area contributed by atoms with Gasteiger partial charge in [-0.2, -0.15) is 0 Å². The lowest BCUT2D eigenvalue weighted by molar-refractivity contribution is -0.0471. The first-order chi connectivity index (χ1) is 19.0. The summed E-state index contributed by atoms with van der Waals surface area (Å²) in [5.41, 5.74) is 8.73. The van der Waals surface area contributed by atoms with Crippen molar-refractivity contribution in [1.82, 2.24) is 0 Å². The molecule has 42 heavy (non-hydrogen) atoms. The smallest absolute Gasteiger partial charge is 0.306 e. The Morgan fingerprint density at radius 2 is 0.690 bits per heavy atom. The molecule has 0 fully saturated rings. The first-order valence-corrected chi connectivity index (χ1v) is 15.4. The van der Waals surface area contributed by atoms with Crippen LogP contribution in [0.5, 0.6) is 0 Å². The molecule has 0 unspecified atom stereocenters. The Hall–Kier alpha value is -2.69. The highest BCUT2D eigenvalue weighted by Crippen LogP contribution is 2.47. The summed E-state index contributed by atoms with van der Waals surface area (Å²) in [4.78, 5) is 11.9. The highest BCUT2D eigenvalue weighted by atomic mass is 35.5. The average Bonchev–Trinajstić information content (AvgIpc) is 2.72. The quantitative estimate of drug-likeness (QED) is 0.118.